The second-order valence-corrected chi connectivity index (χ2v) is 5.63. The number of benzene rings is 3. The van der Waals surface area contributed by atoms with Crippen molar-refractivity contribution in [3.05, 3.63) is 77.7 Å². The first kappa shape index (κ1) is 13.0. The molecule has 4 rings (SSSR count). The van der Waals surface area contributed by atoms with Crippen LogP contribution in [0.4, 0.5) is 5.69 Å². The van der Waals surface area contributed by atoms with Gasteiger partial charge < -0.3 is 9.64 Å². The number of hydrogen-bond acceptors (Lipinski definition) is 2. The minimum atomic E-state index is 0.862. The Morgan fingerprint density at radius 3 is 2.55 bits per heavy atom. The van der Waals surface area contributed by atoms with E-state index in [4.69, 9.17) is 4.74 Å². The van der Waals surface area contributed by atoms with Crippen LogP contribution in [-0.4, -0.2) is 7.05 Å². The zero-order chi connectivity index (χ0) is 15.1. The van der Waals surface area contributed by atoms with Crippen LogP contribution in [0.25, 0.3) is 16.8 Å². The summed E-state index contributed by atoms with van der Waals surface area (Å²) in [6.07, 6.45) is 2.11. The highest BCUT2D eigenvalue weighted by Gasteiger charge is 2.24. The van der Waals surface area contributed by atoms with E-state index in [1.165, 1.54) is 21.9 Å². The van der Waals surface area contributed by atoms with Crippen molar-refractivity contribution in [2.45, 2.75) is 6.92 Å². The first-order valence-electron chi connectivity index (χ1n) is 7.45. The van der Waals surface area contributed by atoms with E-state index in [2.05, 4.69) is 73.5 Å². The van der Waals surface area contributed by atoms with Gasteiger partial charge in [0.05, 0.1) is 5.69 Å². The van der Waals surface area contributed by atoms with Crippen molar-refractivity contribution in [3.8, 4) is 5.75 Å². The van der Waals surface area contributed by atoms with Crippen molar-refractivity contribution in [2.24, 2.45) is 0 Å². The molecule has 0 saturated carbocycles. The van der Waals surface area contributed by atoms with Crippen LogP contribution in [0.2, 0.25) is 0 Å². The molecule has 0 radical (unpaired) electrons. The van der Waals surface area contributed by atoms with Gasteiger partial charge in [0, 0.05) is 13.1 Å². The summed E-state index contributed by atoms with van der Waals surface area (Å²) >= 11 is 0. The van der Waals surface area contributed by atoms with Gasteiger partial charge in [0.25, 0.3) is 0 Å². The zero-order valence-electron chi connectivity index (χ0n) is 12.7. The summed E-state index contributed by atoms with van der Waals surface area (Å²) < 4.78 is 6.04. The third kappa shape index (κ3) is 1.96. The van der Waals surface area contributed by atoms with Gasteiger partial charge in [-0.15, -0.1) is 0 Å². The Hall–Kier alpha value is -2.74. The van der Waals surface area contributed by atoms with Crippen molar-refractivity contribution in [3.63, 3.8) is 0 Å². The molecule has 0 atom stereocenters. The predicted octanol–water partition coefficient (Wildman–Crippen LogP) is 4.98. The van der Waals surface area contributed by atoms with E-state index in [1.54, 1.807) is 0 Å². The lowest BCUT2D eigenvalue weighted by molar-refractivity contribution is 0.449. The number of hydrogen-bond donors (Lipinski definition) is 0. The van der Waals surface area contributed by atoms with Gasteiger partial charge >= 0.3 is 0 Å². The van der Waals surface area contributed by atoms with E-state index in [-0.39, 0.29) is 0 Å². The molecule has 0 N–H and O–H groups in total. The quantitative estimate of drug-likeness (QED) is 0.626. The fraction of sp³-hybridized carbons (Fsp3) is 0.100. The SMILES string of the molecule is Cc1cccc2c1N(C)C(=Cc1cccc3ccccc13)O2. The van der Waals surface area contributed by atoms with Crippen LogP contribution in [0, 0.1) is 6.92 Å². The molecule has 0 saturated heterocycles. The Morgan fingerprint density at radius 2 is 1.68 bits per heavy atom. The molecule has 0 unspecified atom stereocenters. The van der Waals surface area contributed by atoms with Crippen LogP contribution >= 0.6 is 0 Å². The summed E-state index contributed by atoms with van der Waals surface area (Å²) in [5.41, 5.74) is 3.54. The average Bonchev–Trinajstić information content (AvgIpc) is 2.85. The number of ether oxygens (including phenoxy) is 1. The third-order valence-electron chi connectivity index (χ3n) is 4.18. The predicted molar refractivity (Wildman–Crippen MR) is 92.1 cm³/mol. The topological polar surface area (TPSA) is 12.5 Å². The highest BCUT2D eigenvalue weighted by Crippen LogP contribution is 2.41. The van der Waals surface area contributed by atoms with Gasteiger partial charge in [0.15, 0.2) is 5.75 Å². The highest BCUT2D eigenvalue weighted by atomic mass is 16.5. The second-order valence-electron chi connectivity index (χ2n) is 5.63. The molecule has 2 heteroatoms. The molecule has 1 aliphatic heterocycles. The van der Waals surface area contributed by atoms with Crippen LogP contribution in [-0.2, 0) is 0 Å². The maximum atomic E-state index is 6.04. The minimum Gasteiger partial charge on any atom is -0.439 e. The summed E-state index contributed by atoms with van der Waals surface area (Å²) in [5, 5.41) is 2.48. The minimum absolute atomic E-state index is 0.862. The van der Waals surface area contributed by atoms with Gasteiger partial charge in [-0.1, -0.05) is 54.6 Å². The summed E-state index contributed by atoms with van der Waals surface area (Å²) in [6, 6.07) is 20.9. The van der Waals surface area contributed by atoms with Crippen LogP contribution in [0.15, 0.2) is 66.5 Å². The molecule has 1 heterocycles. The molecule has 3 aromatic carbocycles. The number of aryl methyl sites for hydroxylation is 1. The molecular formula is C20H17NO. The number of rotatable bonds is 1. The lowest BCUT2D eigenvalue weighted by atomic mass is 10.0. The summed E-state index contributed by atoms with van der Waals surface area (Å²) in [4.78, 5) is 2.12. The molecule has 0 fully saturated rings. The van der Waals surface area contributed by atoms with Crippen molar-refractivity contribution in [1.29, 1.82) is 0 Å². The number of fused-ring (bicyclic) bond motifs is 2. The molecule has 22 heavy (non-hydrogen) atoms. The molecule has 0 bridgehead atoms. The normalized spacial score (nSPS) is 15.2. The average molecular weight is 287 g/mol. The van der Waals surface area contributed by atoms with Crippen LogP contribution in [0.5, 0.6) is 5.75 Å². The molecule has 0 spiro atoms. The molecule has 0 amide bonds. The maximum Gasteiger partial charge on any atom is 0.201 e. The fourth-order valence-electron chi connectivity index (χ4n) is 3.07. The third-order valence-corrected chi connectivity index (χ3v) is 4.18. The summed E-state index contributed by atoms with van der Waals surface area (Å²) in [6.45, 7) is 2.11. The van der Waals surface area contributed by atoms with Gasteiger partial charge in [-0.25, -0.2) is 0 Å². The van der Waals surface area contributed by atoms with Crippen LogP contribution in [0.3, 0.4) is 0 Å². The smallest absolute Gasteiger partial charge is 0.201 e. The monoisotopic (exact) mass is 287 g/mol. The summed E-state index contributed by atoms with van der Waals surface area (Å²) in [5.74, 6) is 1.79. The second kappa shape index (κ2) is 4.92. The van der Waals surface area contributed by atoms with E-state index in [1.807, 2.05) is 12.1 Å². The Labute approximate surface area is 130 Å². The number of para-hydroxylation sites is 1. The Morgan fingerprint density at radius 1 is 0.909 bits per heavy atom. The molecule has 3 aromatic rings. The zero-order valence-corrected chi connectivity index (χ0v) is 12.7. The number of anilines is 1. The maximum absolute atomic E-state index is 6.04. The van der Waals surface area contributed by atoms with Crippen molar-refractivity contribution < 1.29 is 4.74 Å². The number of nitrogens with zero attached hydrogens (tertiary/aromatic N) is 1. The van der Waals surface area contributed by atoms with Gasteiger partial charge in [0.2, 0.25) is 5.88 Å². The van der Waals surface area contributed by atoms with Crippen LogP contribution in [0.1, 0.15) is 11.1 Å². The van der Waals surface area contributed by atoms with Gasteiger partial charge in [-0.2, -0.15) is 0 Å². The lowest BCUT2D eigenvalue weighted by Gasteiger charge is -2.13. The van der Waals surface area contributed by atoms with E-state index >= 15 is 0 Å². The Balaban J connectivity index is 1.83. The molecular weight excluding hydrogens is 270 g/mol. The van der Waals surface area contributed by atoms with E-state index in [0.717, 1.165) is 17.3 Å². The Kier molecular flexibility index (Phi) is 2.90. The van der Waals surface area contributed by atoms with E-state index in [0.29, 0.717) is 0 Å². The fourth-order valence-corrected chi connectivity index (χ4v) is 3.07. The van der Waals surface area contributed by atoms with Gasteiger partial charge in [-0.3, -0.25) is 0 Å². The molecule has 1 aliphatic rings. The van der Waals surface area contributed by atoms with E-state index in [9.17, 15) is 0 Å². The van der Waals surface area contributed by atoms with Crippen LogP contribution < -0.4 is 9.64 Å². The molecule has 0 aromatic heterocycles. The standard InChI is InChI=1S/C20H17NO/c1-14-7-5-12-18-20(14)21(2)19(22-18)13-16-10-6-9-15-8-3-4-11-17(15)16/h3-13H,1-2H3. The molecule has 108 valence electrons. The Bertz CT molecular complexity index is 890. The van der Waals surface area contributed by atoms with Crippen molar-refractivity contribution >= 4 is 22.5 Å². The first-order valence-corrected chi connectivity index (χ1v) is 7.45. The molecule has 0 aliphatic carbocycles. The highest BCUT2D eigenvalue weighted by molar-refractivity contribution is 5.91. The van der Waals surface area contributed by atoms with Gasteiger partial charge in [0.1, 0.15) is 0 Å². The van der Waals surface area contributed by atoms with Gasteiger partial charge in [-0.05, 0) is 34.9 Å². The first-order chi connectivity index (χ1) is 10.7. The summed E-state index contributed by atoms with van der Waals surface area (Å²) in [7, 11) is 2.05. The van der Waals surface area contributed by atoms with E-state index < -0.39 is 0 Å². The largest absolute Gasteiger partial charge is 0.439 e. The lowest BCUT2D eigenvalue weighted by Crippen LogP contribution is -2.13. The van der Waals surface area contributed by atoms with Crippen molar-refractivity contribution in [1.82, 2.24) is 0 Å². The molecule has 2 nitrogen and oxygen atoms in total. The van der Waals surface area contributed by atoms with Crippen molar-refractivity contribution in [2.75, 3.05) is 11.9 Å².